The molecule has 1 aromatic carbocycles. The van der Waals surface area contributed by atoms with Gasteiger partial charge in [0, 0.05) is 6.54 Å². The quantitative estimate of drug-likeness (QED) is 0.757. The van der Waals surface area contributed by atoms with Gasteiger partial charge in [-0.25, -0.2) is 0 Å². The normalized spacial score (nSPS) is 20.2. The van der Waals surface area contributed by atoms with E-state index in [-0.39, 0.29) is 5.41 Å². The number of benzene rings is 1. The van der Waals surface area contributed by atoms with Crippen LogP contribution in [0.1, 0.15) is 25.3 Å². The molecule has 2 nitrogen and oxygen atoms in total. The van der Waals surface area contributed by atoms with Gasteiger partial charge in [-0.05, 0) is 38.4 Å². The highest BCUT2D eigenvalue weighted by Crippen LogP contribution is 2.30. The average Bonchev–Trinajstić information content (AvgIpc) is 2.34. The van der Waals surface area contributed by atoms with Crippen molar-refractivity contribution in [3.05, 3.63) is 35.9 Å². The van der Waals surface area contributed by atoms with Gasteiger partial charge in [0.25, 0.3) is 0 Å². The summed E-state index contributed by atoms with van der Waals surface area (Å²) in [5, 5.41) is 9.06. The molecule has 0 radical (unpaired) electrons. The second-order valence-corrected chi connectivity index (χ2v) is 4.93. The topological polar surface area (TPSA) is 27.0 Å². The Morgan fingerprint density at radius 2 is 1.88 bits per heavy atom. The first kappa shape index (κ1) is 11.2. The van der Waals surface area contributed by atoms with E-state index < -0.39 is 0 Å². The lowest BCUT2D eigenvalue weighted by atomic mass is 9.82. The molecule has 16 heavy (non-hydrogen) atoms. The summed E-state index contributed by atoms with van der Waals surface area (Å²) in [5.41, 5.74) is 1.27. The minimum atomic E-state index is -0.0901. The highest BCUT2D eigenvalue weighted by molar-refractivity contribution is 5.14. The maximum absolute atomic E-state index is 9.06. The Kier molecular flexibility index (Phi) is 3.26. The van der Waals surface area contributed by atoms with Gasteiger partial charge in [-0.15, -0.1) is 0 Å². The largest absolute Gasteiger partial charge is 0.299 e. The number of likely N-dealkylation sites (tertiary alicyclic amines) is 1. The number of piperidine rings is 1. The Bertz CT molecular complexity index is 369. The van der Waals surface area contributed by atoms with E-state index >= 15 is 0 Å². The van der Waals surface area contributed by atoms with Crippen molar-refractivity contribution in [2.24, 2.45) is 5.41 Å². The summed E-state index contributed by atoms with van der Waals surface area (Å²) >= 11 is 0. The molecule has 0 aromatic heterocycles. The Labute approximate surface area is 97.5 Å². The van der Waals surface area contributed by atoms with E-state index in [9.17, 15) is 0 Å². The van der Waals surface area contributed by atoms with Crippen molar-refractivity contribution in [2.75, 3.05) is 13.1 Å². The Balaban J connectivity index is 1.89. The molecule has 1 fully saturated rings. The fourth-order valence-electron chi connectivity index (χ4n) is 2.16. The van der Waals surface area contributed by atoms with Crippen molar-refractivity contribution >= 4 is 0 Å². The van der Waals surface area contributed by atoms with Crippen molar-refractivity contribution in [1.82, 2.24) is 4.90 Å². The number of nitrogens with zero attached hydrogens (tertiary/aromatic N) is 2. The van der Waals surface area contributed by atoms with Crippen LogP contribution >= 0.6 is 0 Å². The molecule has 1 aliphatic heterocycles. The lowest BCUT2D eigenvalue weighted by Crippen LogP contribution is -2.37. The molecule has 2 heteroatoms. The maximum atomic E-state index is 9.06. The first-order valence-electron chi connectivity index (χ1n) is 5.89. The van der Waals surface area contributed by atoms with Crippen molar-refractivity contribution in [3.8, 4) is 6.07 Å². The van der Waals surface area contributed by atoms with Crippen LogP contribution in [0.25, 0.3) is 0 Å². The second kappa shape index (κ2) is 4.67. The maximum Gasteiger partial charge on any atom is 0.0687 e. The molecule has 1 saturated heterocycles. The van der Waals surface area contributed by atoms with Crippen molar-refractivity contribution in [1.29, 1.82) is 5.26 Å². The van der Waals surface area contributed by atoms with Gasteiger partial charge >= 0.3 is 0 Å². The standard InChI is InChI=1S/C14H18N2/c1-14(12-15)7-9-16(10-8-14)11-13-5-3-2-4-6-13/h2-6H,7-11H2,1H3. The fraction of sp³-hybridized carbons (Fsp3) is 0.500. The van der Waals surface area contributed by atoms with Gasteiger partial charge in [-0.1, -0.05) is 30.3 Å². The molecule has 1 aliphatic rings. The van der Waals surface area contributed by atoms with E-state index in [2.05, 4.69) is 42.2 Å². The smallest absolute Gasteiger partial charge is 0.0687 e. The third-order valence-corrected chi connectivity index (χ3v) is 3.48. The summed E-state index contributed by atoms with van der Waals surface area (Å²) in [6.45, 7) is 5.17. The van der Waals surface area contributed by atoms with Crippen LogP contribution in [-0.2, 0) is 6.54 Å². The predicted octanol–water partition coefficient (Wildman–Crippen LogP) is 2.81. The minimum Gasteiger partial charge on any atom is -0.299 e. The highest BCUT2D eigenvalue weighted by Gasteiger charge is 2.29. The van der Waals surface area contributed by atoms with Crippen LogP contribution in [0.5, 0.6) is 0 Å². The zero-order valence-corrected chi connectivity index (χ0v) is 9.82. The molecule has 0 spiro atoms. The van der Waals surface area contributed by atoms with Crippen LogP contribution < -0.4 is 0 Å². The molecule has 0 unspecified atom stereocenters. The first-order valence-corrected chi connectivity index (χ1v) is 5.89. The molecule has 0 atom stereocenters. The molecule has 2 rings (SSSR count). The lowest BCUT2D eigenvalue weighted by Gasteiger charge is -2.34. The molecule has 0 amide bonds. The van der Waals surface area contributed by atoms with Crippen LogP contribution in [0, 0.1) is 16.7 Å². The summed E-state index contributed by atoms with van der Waals surface area (Å²) in [6.07, 6.45) is 1.99. The fourth-order valence-corrected chi connectivity index (χ4v) is 2.16. The van der Waals surface area contributed by atoms with Gasteiger partial charge in [-0.3, -0.25) is 4.90 Å². The summed E-state index contributed by atoms with van der Waals surface area (Å²) < 4.78 is 0. The molecule has 0 N–H and O–H groups in total. The van der Waals surface area contributed by atoms with Crippen LogP contribution in [0.15, 0.2) is 30.3 Å². The second-order valence-electron chi connectivity index (χ2n) is 4.93. The predicted molar refractivity (Wildman–Crippen MR) is 64.7 cm³/mol. The first-order chi connectivity index (χ1) is 7.72. The van der Waals surface area contributed by atoms with Crippen molar-refractivity contribution < 1.29 is 0 Å². The SMILES string of the molecule is CC1(C#N)CCN(Cc2ccccc2)CC1. The van der Waals surface area contributed by atoms with E-state index in [4.69, 9.17) is 5.26 Å². The van der Waals surface area contributed by atoms with Crippen molar-refractivity contribution in [3.63, 3.8) is 0 Å². The molecule has 0 bridgehead atoms. The van der Waals surface area contributed by atoms with Gasteiger partial charge < -0.3 is 0 Å². The molecular formula is C14H18N2. The van der Waals surface area contributed by atoms with E-state index in [1.165, 1.54) is 5.56 Å². The average molecular weight is 214 g/mol. The number of hydrogen-bond donors (Lipinski definition) is 0. The minimum absolute atomic E-state index is 0.0901. The third-order valence-electron chi connectivity index (χ3n) is 3.48. The molecule has 84 valence electrons. The van der Waals surface area contributed by atoms with Gasteiger partial charge in [0.15, 0.2) is 0 Å². The summed E-state index contributed by atoms with van der Waals surface area (Å²) in [7, 11) is 0. The van der Waals surface area contributed by atoms with Crippen molar-refractivity contribution in [2.45, 2.75) is 26.3 Å². The molecule has 0 aliphatic carbocycles. The summed E-state index contributed by atoms with van der Waals surface area (Å²) in [4.78, 5) is 2.44. The molecule has 0 saturated carbocycles. The van der Waals surface area contributed by atoms with Gasteiger partial charge in [0.05, 0.1) is 11.5 Å². The molecule has 1 aromatic rings. The van der Waals surface area contributed by atoms with E-state index in [0.717, 1.165) is 32.5 Å². The molecular weight excluding hydrogens is 196 g/mol. The molecule has 1 heterocycles. The summed E-state index contributed by atoms with van der Waals surface area (Å²) in [5.74, 6) is 0. The lowest BCUT2D eigenvalue weighted by molar-refractivity contribution is 0.150. The number of rotatable bonds is 2. The zero-order chi connectivity index (χ0) is 11.4. The van der Waals surface area contributed by atoms with Crippen LogP contribution in [0.3, 0.4) is 0 Å². The van der Waals surface area contributed by atoms with E-state index in [1.54, 1.807) is 0 Å². The number of nitriles is 1. The van der Waals surface area contributed by atoms with Gasteiger partial charge in [-0.2, -0.15) is 5.26 Å². The Hall–Kier alpha value is -1.33. The van der Waals surface area contributed by atoms with Gasteiger partial charge in [0.1, 0.15) is 0 Å². The van der Waals surface area contributed by atoms with Crippen LogP contribution in [-0.4, -0.2) is 18.0 Å². The number of hydrogen-bond acceptors (Lipinski definition) is 2. The van der Waals surface area contributed by atoms with Crippen LogP contribution in [0.4, 0.5) is 0 Å². The van der Waals surface area contributed by atoms with E-state index in [1.807, 2.05) is 6.07 Å². The van der Waals surface area contributed by atoms with E-state index in [0.29, 0.717) is 0 Å². The third kappa shape index (κ3) is 2.62. The Morgan fingerprint density at radius 1 is 1.25 bits per heavy atom. The Morgan fingerprint density at radius 3 is 2.44 bits per heavy atom. The van der Waals surface area contributed by atoms with Gasteiger partial charge in [0.2, 0.25) is 0 Å². The summed E-state index contributed by atoms with van der Waals surface area (Å²) in [6, 6.07) is 13.0. The monoisotopic (exact) mass is 214 g/mol. The van der Waals surface area contributed by atoms with Crippen LogP contribution in [0.2, 0.25) is 0 Å². The zero-order valence-electron chi connectivity index (χ0n) is 9.82. The highest BCUT2D eigenvalue weighted by atomic mass is 15.1.